The average Bonchev–Trinajstić information content (AvgIpc) is 3.23. The van der Waals surface area contributed by atoms with Crippen molar-refractivity contribution in [2.75, 3.05) is 25.9 Å². The molecule has 156 valence electrons. The summed E-state index contributed by atoms with van der Waals surface area (Å²) < 4.78 is 5.09. The second-order valence-electron chi connectivity index (χ2n) is 7.82. The first kappa shape index (κ1) is 20.1. The van der Waals surface area contributed by atoms with Gasteiger partial charge >= 0.3 is 0 Å². The quantitative estimate of drug-likeness (QED) is 0.633. The van der Waals surface area contributed by atoms with Crippen LogP contribution in [-0.4, -0.2) is 46.2 Å². The number of hydrogen-bond acceptors (Lipinski definition) is 5. The number of nitrogens with zero attached hydrogens (tertiary/aromatic N) is 3. The van der Waals surface area contributed by atoms with Gasteiger partial charge in [0.15, 0.2) is 11.6 Å². The number of nitrogen functional groups attached to an aromatic ring is 1. The van der Waals surface area contributed by atoms with E-state index in [9.17, 15) is 4.79 Å². The number of carbonyl (C=O) groups excluding carboxylic acids is 1. The lowest BCUT2D eigenvalue weighted by Crippen LogP contribution is -2.37. The lowest BCUT2D eigenvalue weighted by atomic mass is 9.89. The van der Waals surface area contributed by atoms with Crippen LogP contribution in [0.25, 0.3) is 11.4 Å². The summed E-state index contributed by atoms with van der Waals surface area (Å²) in [7, 11) is 1.61. The predicted octanol–water partition coefficient (Wildman–Crippen LogP) is 3.53. The number of anilines is 1. The van der Waals surface area contributed by atoms with Crippen LogP contribution >= 0.6 is 0 Å². The first-order chi connectivity index (χ1) is 14.5. The Morgan fingerprint density at radius 3 is 2.60 bits per heavy atom. The van der Waals surface area contributed by atoms with Crippen LogP contribution in [0.1, 0.15) is 46.1 Å². The van der Waals surface area contributed by atoms with Gasteiger partial charge in [0.2, 0.25) is 0 Å². The molecule has 30 heavy (non-hydrogen) atoms. The molecule has 3 aromatic rings. The van der Waals surface area contributed by atoms with E-state index in [1.165, 1.54) is 5.56 Å². The van der Waals surface area contributed by atoms with Gasteiger partial charge < -0.3 is 20.4 Å². The van der Waals surface area contributed by atoms with Crippen molar-refractivity contribution >= 4 is 11.6 Å². The summed E-state index contributed by atoms with van der Waals surface area (Å²) in [5.41, 5.74) is 10.5. The summed E-state index contributed by atoms with van der Waals surface area (Å²) in [6, 6.07) is 13.8. The van der Waals surface area contributed by atoms with E-state index in [0.29, 0.717) is 29.7 Å². The fourth-order valence-electron chi connectivity index (χ4n) is 4.00. The fraction of sp³-hybridized carbons (Fsp3) is 0.348. The number of benzene rings is 2. The Labute approximate surface area is 176 Å². The van der Waals surface area contributed by atoms with Gasteiger partial charge in [-0.05, 0) is 61.1 Å². The number of rotatable bonds is 5. The molecule has 0 radical (unpaired) electrons. The molecule has 0 atom stereocenters. The minimum atomic E-state index is 0.0589. The van der Waals surface area contributed by atoms with Crippen molar-refractivity contribution in [3.8, 4) is 11.4 Å². The van der Waals surface area contributed by atoms with Crippen LogP contribution in [0.2, 0.25) is 0 Å². The number of nitrogens with one attached hydrogen (secondary N) is 1. The third kappa shape index (κ3) is 4.21. The Hall–Kier alpha value is -3.19. The third-order valence-electron chi connectivity index (χ3n) is 5.74. The van der Waals surface area contributed by atoms with Gasteiger partial charge in [-0.2, -0.15) is 0 Å². The maximum atomic E-state index is 13.1. The number of ether oxygens (including phenoxy) is 1. The molecule has 4 rings (SSSR count). The first-order valence-electron chi connectivity index (χ1n) is 10.2. The van der Waals surface area contributed by atoms with E-state index in [1.54, 1.807) is 7.11 Å². The molecule has 0 saturated carbocycles. The summed E-state index contributed by atoms with van der Waals surface area (Å²) in [5, 5.41) is 8.31. The number of aryl methyl sites for hydroxylation is 1. The van der Waals surface area contributed by atoms with Gasteiger partial charge in [0, 0.05) is 37.0 Å². The van der Waals surface area contributed by atoms with Crippen LogP contribution in [0.5, 0.6) is 0 Å². The van der Waals surface area contributed by atoms with Gasteiger partial charge in [-0.3, -0.25) is 4.79 Å². The number of nitrogens with two attached hydrogens (primary N) is 1. The lowest BCUT2D eigenvalue weighted by molar-refractivity contribution is 0.0713. The van der Waals surface area contributed by atoms with Crippen LogP contribution in [0.4, 0.5) is 5.69 Å². The fourth-order valence-corrected chi connectivity index (χ4v) is 4.00. The van der Waals surface area contributed by atoms with Crippen molar-refractivity contribution in [3.63, 3.8) is 0 Å². The van der Waals surface area contributed by atoms with Crippen molar-refractivity contribution < 1.29 is 9.53 Å². The molecule has 0 unspecified atom stereocenters. The number of amides is 1. The molecular weight excluding hydrogens is 378 g/mol. The molecule has 2 heterocycles. The number of likely N-dealkylation sites (tertiary alicyclic amines) is 1. The number of aromatic nitrogens is 3. The topological polar surface area (TPSA) is 97.1 Å². The highest BCUT2D eigenvalue weighted by atomic mass is 16.5. The number of piperidine rings is 1. The Morgan fingerprint density at radius 1 is 1.17 bits per heavy atom. The Balaban J connectivity index is 1.46. The molecule has 2 aromatic carbocycles. The van der Waals surface area contributed by atoms with E-state index in [-0.39, 0.29) is 5.91 Å². The van der Waals surface area contributed by atoms with Gasteiger partial charge in [0.05, 0.1) is 0 Å². The molecule has 1 aliphatic heterocycles. The monoisotopic (exact) mass is 405 g/mol. The van der Waals surface area contributed by atoms with Crippen molar-refractivity contribution in [2.24, 2.45) is 0 Å². The molecule has 1 aliphatic rings. The van der Waals surface area contributed by atoms with Crippen LogP contribution in [-0.2, 0) is 11.3 Å². The van der Waals surface area contributed by atoms with Gasteiger partial charge in [0.25, 0.3) is 5.91 Å². The zero-order valence-corrected chi connectivity index (χ0v) is 17.4. The third-order valence-corrected chi connectivity index (χ3v) is 5.74. The number of aromatic amines is 1. The minimum Gasteiger partial charge on any atom is -0.399 e. The maximum absolute atomic E-state index is 13.1. The van der Waals surface area contributed by atoms with Gasteiger partial charge in [-0.25, -0.2) is 0 Å². The lowest BCUT2D eigenvalue weighted by Gasteiger charge is -2.32. The van der Waals surface area contributed by atoms with Gasteiger partial charge in [-0.15, -0.1) is 10.2 Å². The SMILES string of the molecule is COCc1nnc(-c2cc(C(=O)N3CCC(c4ccc(N)cc4)CC3)ccc2C)[nH]1. The number of H-pyrrole nitrogens is 1. The average molecular weight is 406 g/mol. The van der Waals surface area contributed by atoms with Crippen LogP contribution in [0, 0.1) is 6.92 Å². The highest BCUT2D eigenvalue weighted by Crippen LogP contribution is 2.30. The highest BCUT2D eigenvalue weighted by molar-refractivity contribution is 5.95. The Bertz CT molecular complexity index is 1020. The zero-order chi connectivity index (χ0) is 21.1. The second kappa shape index (κ2) is 8.67. The molecular formula is C23H27N5O2. The normalized spacial score (nSPS) is 14.8. The molecule has 1 fully saturated rings. The summed E-state index contributed by atoms with van der Waals surface area (Å²) in [5.74, 6) is 1.84. The smallest absolute Gasteiger partial charge is 0.253 e. The predicted molar refractivity (Wildman–Crippen MR) is 116 cm³/mol. The summed E-state index contributed by atoms with van der Waals surface area (Å²) >= 11 is 0. The van der Waals surface area contributed by atoms with E-state index in [2.05, 4.69) is 27.3 Å². The Morgan fingerprint density at radius 2 is 1.90 bits per heavy atom. The van der Waals surface area contributed by atoms with Gasteiger partial charge in [-0.1, -0.05) is 18.2 Å². The molecule has 0 spiro atoms. The molecule has 7 heteroatoms. The second-order valence-corrected chi connectivity index (χ2v) is 7.82. The van der Waals surface area contributed by atoms with E-state index < -0.39 is 0 Å². The van der Waals surface area contributed by atoms with E-state index >= 15 is 0 Å². The standard InChI is InChI=1S/C23H27N5O2/c1-15-3-4-18(13-20(15)22-25-21(14-30-2)26-27-22)23(29)28-11-9-17(10-12-28)16-5-7-19(24)8-6-16/h3-8,13,17H,9-12,14,24H2,1-2H3,(H,25,26,27). The molecule has 1 saturated heterocycles. The van der Waals surface area contributed by atoms with E-state index in [0.717, 1.165) is 42.7 Å². The first-order valence-corrected chi connectivity index (χ1v) is 10.2. The minimum absolute atomic E-state index is 0.0589. The van der Waals surface area contributed by atoms with Crippen molar-refractivity contribution in [3.05, 3.63) is 65.0 Å². The molecule has 7 nitrogen and oxygen atoms in total. The van der Waals surface area contributed by atoms with Crippen LogP contribution in [0.3, 0.4) is 0 Å². The Kier molecular flexibility index (Phi) is 5.81. The largest absolute Gasteiger partial charge is 0.399 e. The van der Waals surface area contributed by atoms with Gasteiger partial charge in [0.1, 0.15) is 6.61 Å². The molecule has 1 aromatic heterocycles. The highest BCUT2D eigenvalue weighted by Gasteiger charge is 2.25. The molecule has 0 aliphatic carbocycles. The van der Waals surface area contributed by atoms with Crippen LogP contribution < -0.4 is 5.73 Å². The molecule has 1 amide bonds. The summed E-state index contributed by atoms with van der Waals surface area (Å²) in [4.78, 5) is 18.2. The number of hydrogen-bond donors (Lipinski definition) is 2. The van der Waals surface area contributed by atoms with E-state index in [1.807, 2.05) is 42.2 Å². The van der Waals surface area contributed by atoms with Crippen LogP contribution in [0.15, 0.2) is 42.5 Å². The van der Waals surface area contributed by atoms with Crippen molar-refractivity contribution in [2.45, 2.75) is 32.3 Å². The maximum Gasteiger partial charge on any atom is 0.253 e. The molecule has 0 bridgehead atoms. The summed E-state index contributed by atoms with van der Waals surface area (Å²) in [6.07, 6.45) is 1.91. The number of methoxy groups -OCH3 is 1. The summed E-state index contributed by atoms with van der Waals surface area (Å²) in [6.45, 7) is 3.86. The molecule has 3 N–H and O–H groups in total. The van der Waals surface area contributed by atoms with Crippen molar-refractivity contribution in [1.29, 1.82) is 0 Å². The zero-order valence-electron chi connectivity index (χ0n) is 17.4. The van der Waals surface area contributed by atoms with Crippen molar-refractivity contribution in [1.82, 2.24) is 20.1 Å². The number of carbonyl (C=O) groups is 1. The van der Waals surface area contributed by atoms with E-state index in [4.69, 9.17) is 10.5 Å².